The molecule has 1 aromatic rings. The molecule has 0 spiro atoms. The fourth-order valence-corrected chi connectivity index (χ4v) is 2.02. The second-order valence-electron chi connectivity index (χ2n) is 4.06. The summed E-state index contributed by atoms with van der Waals surface area (Å²) in [4.78, 5) is 0.816. The number of benzene rings is 1. The summed E-state index contributed by atoms with van der Waals surface area (Å²) in [6.45, 7) is 3.00. The van der Waals surface area contributed by atoms with Crippen molar-refractivity contribution < 1.29 is 14.2 Å². The Hall–Kier alpha value is -1.49. The van der Waals surface area contributed by atoms with E-state index in [1.165, 1.54) is 0 Å². The lowest BCUT2D eigenvalue weighted by Gasteiger charge is -2.14. The van der Waals surface area contributed by atoms with Crippen LogP contribution in [0.5, 0.6) is 17.2 Å². The number of nitrogens with one attached hydrogen (secondary N) is 1. The molecular weight excluding hydrogens is 262 g/mol. The van der Waals surface area contributed by atoms with Gasteiger partial charge in [-0.25, -0.2) is 0 Å². The van der Waals surface area contributed by atoms with Gasteiger partial charge in [0.1, 0.15) is 0 Å². The van der Waals surface area contributed by atoms with Crippen molar-refractivity contribution in [1.82, 2.24) is 5.32 Å². The van der Waals surface area contributed by atoms with Crippen LogP contribution < -0.4 is 19.5 Å². The highest BCUT2D eigenvalue weighted by Gasteiger charge is 2.13. The number of rotatable bonds is 7. The van der Waals surface area contributed by atoms with Gasteiger partial charge in [0.2, 0.25) is 5.75 Å². The van der Waals surface area contributed by atoms with Crippen molar-refractivity contribution in [3.8, 4) is 17.2 Å². The first-order valence-electron chi connectivity index (χ1n) is 6.21. The molecule has 0 atom stereocenters. The van der Waals surface area contributed by atoms with Gasteiger partial charge in [-0.1, -0.05) is 19.1 Å². The minimum absolute atomic E-state index is 0.598. The summed E-state index contributed by atoms with van der Waals surface area (Å²) in [5.41, 5.74) is 1.03. The SMILES string of the molecule is CCCNC(=S)Cc1cc(OC)c(OC)c(OC)c1. The fraction of sp³-hybridized carbons (Fsp3) is 0.500. The van der Waals surface area contributed by atoms with Crippen LogP contribution in [0, 0.1) is 0 Å². The third-order valence-corrected chi connectivity index (χ3v) is 2.95. The highest BCUT2D eigenvalue weighted by molar-refractivity contribution is 7.80. The predicted octanol–water partition coefficient (Wildman–Crippen LogP) is 2.58. The van der Waals surface area contributed by atoms with Crippen LogP contribution in [0.4, 0.5) is 0 Å². The van der Waals surface area contributed by atoms with Crippen LogP contribution in [0.2, 0.25) is 0 Å². The normalized spacial score (nSPS) is 9.89. The van der Waals surface area contributed by atoms with Crippen molar-refractivity contribution in [3.05, 3.63) is 17.7 Å². The smallest absolute Gasteiger partial charge is 0.203 e. The predicted molar refractivity (Wildman–Crippen MR) is 80.7 cm³/mol. The summed E-state index contributed by atoms with van der Waals surface area (Å²) in [7, 11) is 4.80. The van der Waals surface area contributed by atoms with Crippen LogP contribution in [-0.2, 0) is 6.42 Å². The van der Waals surface area contributed by atoms with E-state index in [9.17, 15) is 0 Å². The molecule has 1 rings (SSSR count). The molecule has 106 valence electrons. The molecule has 0 heterocycles. The van der Waals surface area contributed by atoms with Crippen LogP contribution in [0.1, 0.15) is 18.9 Å². The van der Waals surface area contributed by atoms with E-state index in [0.717, 1.165) is 23.5 Å². The van der Waals surface area contributed by atoms with Gasteiger partial charge in [0.25, 0.3) is 0 Å². The topological polar surface area (TPSA) is 39.7 Å². The average Bonchev–Trinajstić information content (AvgIpc) is 2.43. The van der Waals surface area contributed by atoms with E-state index < -0.39 is 0 Å². The average molecular weight is 283 g/mol. The van der Waals surface area contributed by atoms with E-state index in [4.69, 9.17) is 26.4 Å². The van der Waals surface area contributed by atoms with Gasteiger partial charge in [0.05, 0.1) is 26.3 Å². The summed E-state index contributed by atoms with van der Waals surface area (Å²) in [5, 5.41) is 3.20. The molecular formula is C14H21NO3S. The largest absolute Gasteiger partial charge is 0.493 e. The second kappa shape index (κ2) is 7.84. The zero-order valence-corrected chi connectivity index (χ0v) is 12.7. The number of hydrogen-bond acceptors (Lipinski definition) is 4. The lowest BCUT2D eigenvalue weighted by molar-refractivity contribution is 0.324. The minimum atomic E-state index is 0.598. The van der Waals surface area contributed by atoms with Gasteiger partial charge in [-0.05, 0) is 24.1 Å². The van der Waals surface area contributed by atoms with Crippen molar-refractivity contribution in [2.24, 2.45) is 0 Å². The Morgan fingerprint density at radius 1 is 1.11 bits per heavy atom. The van der Waals surface area contributed by atoms with Crippen molar-refractivity contribution in [2.75, 3.05) is 27.9 Å². The molecule has 0 saturated carbocycles. The zero-order valence-electron chi connectivity index (χ0n) is 11.9. The first-order chi connectivity index (χ1) is 9.15. The van der Waals surface area contributed by atoms with Crippen LogP contribution in [0.25, 0.3) is 0 Å². The maximum Gasteiger partial charge on any atom is 0.203 e. The quantitative estimate of drug-likeness (QED) is 0.779. The van der Waals surface area contributed by atoms with E-state index in [2.05, 4.69) is 12.2 Å². The van der Waals surface area contributed by atoms with Crippen molar-refractivity contribution in [1.29, 1.82) is 0 Å². The Morgan fingerprint density at radius 3 is 2.11 bits per heavy atom. The van der Waals surface area contributed by atoms with E-state index in [0.29, 0.717) is 23.7 Å². The van der Waals surface area contributed by atoms with Gasteiger partial charge in [0, 0.05) is 13.0 Å². The monoisotopic (exact) mass is 283 g/mol. The Labute approximate surface area is 120 Å². The summed E-state index contributed by atoms with van der Waals surface area (Å²) in [6.07, 6.45) is 1.71. The molecule has 5 heteroatoms. The van der Waals surface area contributed by atoms with Crippen LogP contribution in [-0.4, -0.2) is 32.9 Å². The summed E-state index contributed by atoms with van der Waals surface area (Å²) < 4.78 is 15.9. The maximum absolute atomic E-state index is 5.31. The molecule has 0 aromatic heterocycles. The van der Waals surface area contributed by atoms with Crippen LogP contribution in [0.15, 0.2) is 12.1 Å². The molecule has 4 nitrogen and oxygen atoms in total. The van der Waals surface area contributed by atoms with Crippen molar-refractivity contribution >= 4 is 17.2 Å². The zero-order chi connectivity index (χ0) is 14.3. The molecule has 0 aliphatic rings. The Balaban J connectivity index is 2.93. The number of ether oxygens (including phenoxy) is 3. The third kappa shape index (κ3) is 4.28. The highest BCUT2D eigenvalue weighted by Crippen LogP contribution is 2.38. The fourth-order valence-electron chi connectivity index (χ4n) is 1.75. The standard InChI is InChI=1S/C14H21NO3S/c1-5-6-15-13(19)9-10-7-11(16-2)14(18-4)12(8-10)17-3/h7-8H,5-6,9H2,1-4H3,(H,15,19). The number of hydrogen-bond donors (Lipinski definition) is 1. The van der Waals surface area contributed by atoms with E-state index in [1.807, 2.05) is 12.1 Å². The van der Waals surface area contributed by atoms with Gasteiger partial charge in [-0.15, -0.1) is 0 Å². The first kappa shape index (κ1) is 15.6. The summed E-state index contributed by atoms with van der Waals surface area (Å²) in [6, 6.07) is 3.84. The van der Waals surface area contributed by atoms with Crippen molar-refractivity contribution in [3.63, 3.8) is 0 Å². The molecule has 1 N–H and O–H groups in total. The second-order valence-corrected chi connectivity index (χ2v) is 4.55. The van der Waals surface area contributed by atoms with Crippen LogP contribution in [0.3, 0.4) is 0 Å². The Morgan fingerprint density at radius 2 is 1.68 bits per heavy atom. The Bertz CT molecular complexity index is 410. The molecule has 0 bridgehead atoms. The van der Waals surface area contributed by atoms with E-state index >= 15 is 0 Å². The van der Waals surface area contributed by atoms with Gasteiger partial charge in [0.15, 0.2) is 11.5 Å². The molecule has 0 aliphatic carbocycles. The van der Waals surface area contributed by atoms with Gasteiger partial charge in [-0.3, -0.25) is 0 Å². The van der Waals surface area contributed by atoms with E-state index in [1.54, 1.807) is 21.3 Å². The van der Waals surface area contributed by atoms with Gasteiger partial charge in [-0.2, -0.15) is 0 Å². The molecule has 0 saturated heterocycles. The Kier molecular flexibility index (Phi) is 6.42. The maximum atomic E-state index is 5.31. The lowest BCUT2D eigenvalue weighted by atomic mass is 10.1. The van der Waals surface area contributed by atoms with Gasteiger partial charge < -0.3 is 19.5 Å². The summed E-state index contributed by atoms with van der Waals surface area (Å²) >= 11 is 5.30. The molecule has 1 aromatic carbocycles. The van der Waals surface area contributed by atoms with E-state index in [-0.39, 0.29) is 0 Å². The highest BCUT2D eigenvalue weighted by atomic mass is 32.1. The third-order valence-electron chi connectivity index (χ3n) is 2.66. The van der Waals surface area contributed by atoms with Crippen molar-refractivity contribution in [2.45, 2.75) is 19.8 Å². The minimum Gasteiger partial charge on any atom is -0.493 e. The number of methoxy groups -OCH3 is 3. The molecule has 0 amide bonds. The molecule has 0 unspecified atom stereocenters. The summed E-state index contributed by atoms with van der Waals surface area (Å²) in [5.74, 6) is 1.89. The van der Waals surface area contributed by atoms with Crippen LogP contribution >= 0.6 is 12.2 Å². The molecule has 0 fully saturated rings. The number of thiocarbonyl (C=S) groups is 1. The lowest BCUT2D eigenvalue weighted by Crippen LogP contribution is -2.23. The van der Waals surface area contributed by atoms with Gasteiger partial charge >= 0.3 is 0 Å². The first-order valence-corrected chi connectivity index (χ1v) is 6.62. The molecule has 19 heavy (non-hydrogen) atoms. The molecule has 0 aliphatic heterocycles. The molecule has 0 radical (unpaired) electrons.